The van der Waals surface area contributed by atoms with Crippen LogP contribution in [0, 0.1) is 0 Å². The fourth-order valence-corrected chi connectivity index (χ4v) is 4.16. The zero-order chi connectivity index (χ0) is 16.9. The minimum absolute atomic E-state index is 0.0631. The number of halogens is 1. The van der Waals surface area contributed by atoms with Gasteiger partial charge < -0.3 is 5.32 Å². The quantitative estimate of drug-likeness (QED) is 0.832. The van der Waals surface area contributed by atoms with Crippen molar-refractivity contribution < 1.29 is 4.79 Å². The Bertz CT molecular complexity index is 649. The van der Waals surface area contributed by atoms with E-state index in [9.17, 15) is 4.79 Å². The maximum absolute atomic E-state index is 12.2. The third-order valence-corrected chi connectivity index (χ3v) is 5.81. The highest BCUT2D eigenvalue weighted by Crippen LogP contribution is 2.28. The van der Waals surface area contributed by atoms with Crippen LogP contribution in [0.5, 0.6) is 0 Å². The van der Waals surface area contributed by atoms with Crippen molar-refractivity contribution in [1.82, 2.24) is 10.2 Å². The fourth-order valence-electron chi connectivity index (χ4n) is 3.41. The summed E-state index contributed by atoms with van der Waals surface area (Å²) in [5.41, 5.74) is 1.32. The molecule has 5 heteroatoms. The zero-order valence-electron chi connectivity index (χ0n) is 13.9. The topological polar surface area (TPSA) is 32.3 Å². The number of carbonyl (C=O) groups is 1. The third kappa shape index (κ3) is 4.18. The summed E-state index contributed by atoms with van der Waals surface area (Å²) in [6, 6.07) is 12.7. The molecule has 24 heavy (non-hydrogen) atoms. The average molecular weight is 363 g/mol. The van der Waals surface area contributed by atoms with E-state index in [0.29, 0.717) is 6.04 Å². The van der Waals surface area contributed by atoms with Gasteiger partial charge >= 0.3 is 0 Å². The first kappa shape index (κ1) is 17.5. The molecule has 1 aliphatic heterocycles. The van der Waals surface area contributed by atoms with Gasteiger partial charge in [0.25, 0.3) is 5.91 Å². The molecule has 0 spiro atoms. The van der Waals surface area contributed by atoms with Crippen LogP contribution in [-0.4, -0.2) is 29.9 Å². The molecule has 1 N–H and O–H groups in total. The minimum Gasteiger partial charge on any atom is -0.349 e. The molecule has 2 heterocycles. The van der Waals surface area contributed by atoms with Crippen LogP contribution >= 0.6 is 22.9 Å². The predicted octanol–water partition coefficient (Wildman–Crippen LogP) is 4.75. The van der Waals surface area contributed by atoms with Gasteiger partial charge in [0.2, 0.25) is 0 Å². The molecular formula is C19H23ClN2OS. The average Bonchev–Trinajstić information content (AvgIpc) is 3.13. The molecule has 1 amide bonds. The summed E-state index contributed by atoms with van der Waals surface area (Å²) >= 11 is 7.50. The van der Waals surface area contributed by atoms with E-state index in [1.165, 1.54) is 16.9 Å². The molecule has 1 unspecified atom stereocenters. The lowest BCUT2D eigenvalue weighted by atomic mass is 9.97. The molecule has 3 rings (SSSR count). The van der Waals surface area contributed by atoms with Crippen LogP contribution in [0.15, 0.2) is 41.8 Å². The van der Waals surface area contributed by atoms with Gasteiger partial charge in [0.05, 0.1) is 4.88 Å². The molecular weight excluding hydrogens is 340 g/mol. The van der Waals surface area contributed by atoms with Gasteiger partial charge in [-0.1, -0.05) is 36.7 Å². The first-order valence-corrected chi connectivity index (χ1v) is 9.77. The monoisotopic (exact) mass is 362 g/mol. The van der Waals surface area contributed by atoms with Gasteiger partial charge in [-0.15, -0.1) is 11.3 Å². The number of nitrogens with one attached hydrogen (secondary N) is 1. The highest BCUT2D eigenvalue weighted by molar-refractivity contribution is 7.12. The van der Waals surface area contributed by atoms with Gasteiger partial charge in [0.15, 0.2) is 0 Å². The van der Waals surface area contributed by atoms with E-state index in [2.05, 4.69) is 29.3 Å². The number of amides is 1. The van der Waals surface area contributed by atoms with Crippen molar-refractivity contribution in [2.75, 3.05) is 13.1 Å². The van der Waals surface area contributed by atoms with Crippen LogP contribution in [0.3, 0.4) is 0 Å². The van der Waals surface area contributed by atoms with Gasteiger partial charge in [0.1, 0.15) is 0 Å². The lowest BCUT2D eigenvalue weighted by Gasteiger charge is -2.37. The molecule has 3 nitrogen and oxygen atoms in total. The summed E-state index contributed by atoms with van der Waals surface area (Å²) in [7, 11) is 0. The number of benzene rings is 1. The van der Waals surface area contributed by atoms with Crippen LogP contribution in [0.2, 0.25) is 5.02 Å². The van der Waals surface area contributed by atoms with E-state index in [1.54, 1.807) is 0 Å². The van der Waals surface area contributed by atoms with Gasteiger partial charge in [-0.25, -0.2) is 0 Å². The summed E-state index contributed by atoms with van der Waals surface area (Å²) in [5.74, 6) is 0.0631. The predicted molar refractivity (Wildman–Crippen MR) is 101 cm³/mol. The Morgan fingerprint density at radius 1 is 1.29 bits per heavy atom. The molecule has 1 atom stereocenters. The fraction of sp³-hybridized carbons (Fsp3) is 0.421. The highest BCUT2D eigenvalue weighted by atomic mass is 35.5. The van der Waals surface area contributed by atoms with Crippen LogP contribution < -0.4 is 5.32 Å². The number of rotatable bonds is 5. The number of likely N-dealkylation sites (tertiary alicyclic amines) is 1. The minimum atomic E-state index is 0.0631. The van der Waals surface area contributed by atoms with Crippen LogP contribution in [0.1, 0.15) is 47.5 Å². The molecule has 0 saturated carbocycles. The summed E-state index contributed by atoms with van der Waals surface area (Å²) in [6.45, 7) is 4.25. The first-order chi connectivity index (χ1) is 11.7. The van der Waals surface area contributed by atoms with E-state index < -0.39 is 0 Å². The maximum atomic E-state index is 12.2. The summed E-state index contributed by atoms with van der Waals surface area (Å²) in [6.07, 6.45) is 3.08. The molecule has 2 aromatic rings. The summed E-state index contributed by atoms with van der Waals surface area (Å²) in [5, 5.41) is 5.89. The second kappa shape index (κ2) is 8.15. The third-order valence-electron chi connectivity index (χ3n) is 4.69. The standard InChI is InChI=1S/C19H23ClN2OS/c1-2-17(14-5-7-15(20)8-6-14)22-11-9-16(10-12-22)21-19(23)18-4-3-13-24-18/h3-8,13,16-17H,2,9-12H2,1H3,(H,21,23). The Morgan fingerprint density at radius 3 is 2.58 bits per heavy atom. The number of nitrogens with zero attached hydrogens (tertiary/aromatic N) is 1. The Balaban J connectivity index is 1.55. The molecule has 0 radical (unpaired) electrons. The van der Waals surface area contributed by atoms with Gasteiger partial charge in [0, 0.05) is 30.2 Å². The van der Waals surface area contributed by atoms with Gasteiger partial charge in [-0.05, 0) is 48.4 Å². The smallest absolute Gasteiger partial charge is 0.261 e. The second-order valence-electron chi connectivity index (χ2n) is 6.24. The lowest BCUT2D eigenvalue weighted by Crippen LogP contribution is -2.45. The van der Waals surface area contributed by atoms with E-state index in [0.717, 1.165) is 42.3 Å². The number of hydrogen-bond donors (Lipinski definition) is 1. The normalized spacial score (nSPS) is 17.6. The van der Waals surface area contributed by atoms with Crippen LogP contribution in [0.25, 0.3) is 0 Å². The molecule has 0 bridgehead atoms. The largest absolute Gasteiger partial charge is 0.349 e. The molecule has 1 aromatic heterocycles. The number of thiophene rings is 1. The number of carbonyl (C=O) groups excluding carboxylic acids is 1. The summed E-state index contributed by atoms with van der Waals surface area (Å²) < 4.78 is 0. The molecule has 0 aliphatic carbocycles. The Kier molecular flexibility index (Phi) is 5.93. The van der Waals surface area contributed by atoms with Crippen molar-refractivity contribution >= 4 is 28.8 Å². The molecule has 1 saturated heterocycles. The molecule has 1 aliphatic rings. The van der Waals surface area contributed by atoms with Crippen LogP contribution in [0.4, 0.5) is 0 Å². The number of hydrogen-bond acceptors (Lipinski definition) is 3. The second-order valence-corrected chi connectivity index (χ2v) is 7.62. The molecule has 1 fully saturated rings. The summed E-state index contributed by atoms with van der Waals surface area (Å²) in [4.78, 5) is 15.5. The Hall–Kier alpha value is -1.36. The molecule has 128 valence electrons. The van der Waals surface area contributed by atoms with E-state index >= 15 is 0 Å². The van der Waals surface area contributed by atoms with Crippen molar-refractivity contribution in [2.24, 2.45) is 0 Å². The van der Waals surface area contributed by atoms with Crippen molar-refractivity contribution in [3.05, 3.63) is 57.2 Å². The Labute approximate surface area is 152 Å². The van der Waals surface area contributed by atoms with Crippen molar-refractivity contribution in [3.8, 4) is 0 Å². The zero-order valence-corrected chi connectivity index (χ0v) is 15.4. The maximum Gasteiger partial charge on any atom is 0.261 e. The van der Waals surface area contributed by atoms with Crippen molar-refractivity contribution in [1.29, 1.82) is 0 Å². The van der Waals surface area contributed by atoms with E-state index in [4.69, 9.17) is 11.6 Å². The Morgan fingerprint density at radius 2 is 2.00 bits per heavy atom. The van der Waals surface area contributed by atoms with Crippen molar-refractivity contribution in [2.45, 2.75) is 38.3 Å². The first-order valence-electron chi connectivity index (χ1n) is 8.51. The van der Waals surface area contributed by atoms with E-state index in [-0.39, 0.29) is 11.9 Å². The molecule has 1 aromatic carbocycles. The SMILES string of the molecule is CCC(c1ccc(Cl)cc1)N1CCC(NC(=O)c2cccs2)CC1. The van der Waals surface area contributed by atoms with Crippen LogP contribution in [-0.2, 0) is 0 Å². The van der Waals surface area contributed by atoms with Gasteiger partial charge in [-0.3, -0.25) is 9.69 Å². The van der Waals surface area contributed by atoms with Gasteiger partial charge in [-0.2, -0.15) is 0 Å². The van der Waals surface area contributed by atoms with Crippen molar-refractivity contribution in [3.63, 3.8) is 0 Å². The lowest BCUT2D eigenvalue weighted by molar-refractivity contribution is 0.0892. The number of piperidine rings is 1. The van der Waals surface area contributed by atoms with E-state index in [1.807, 2.05) is 29.6 Å². The highest BCUT2D eigenvalue weighted by Gasteiger charge is 2.26.